The maximum absolute atomic E-state index is 12.9. The molecule has 0 aliphatic rings. The topological polar surface area (TPSA) is 34.1 Å². The maximum atomic E-state index is 12.9. The average molecular weight is 240 g/mol. The molecule has 2 aromatic rings. The third-order valence-electron chi connectivity index (χ3n) is 2.08. The minimum Gasteiger partial charge on any atom is -0.380 e. The van der Waals surface area contributed by atoms with Crippen LogP contribution in [0.1, 0.15) is 6.92 Å². The Balaban J connectivity index is 2.02. The number of hydrogen-bond acceptors (Lipinski definition) is 4. The van der Waals surface area contributed by atoms with E-state index in [4.69, 9.17) is 4.74 Å². The Bertz CT molecular complexity index is 472. The SMILES string of the molecule is CCOCCNc1nc2ccc(F)cc2s1. The van der Waals surface area contributed by atoms with Crippen molar-refractivity contribution < 1.29 is 9.13 Å². The Hall–Kier alpha value is -1.20. The highest BCUT2D eigenvalue weighted by molar-refractivity contribution is 7.22. The summed E-state index contributed by atoms with van der Waals surface area (Å²) in [6.45, 7) is 4.05. The molecule has 1 aromatic carbocycles. The summed E-state index contributed by atoms with van der Waals surface area (Å²) in [6, 6.07) is 4.61. The number of anilines is 1. The average Bonchev–Trinajstić information content (AvgIpc) is 2.66. The Labute approximate surface area is 97.3 Å². The van der Waals surface area contributed by atoms with E-state index in [1.165, 1.54) is 23.5 Å². The third kappa shape index (κ3) is 2.68. The van der Waals surface area contributed by atoms with Gasteiger partial charge >= 0.3 is 0 Å². The first-order valence-electron chi connectivity index (χ1n) is 5.17. The molecule has 5 heteroatoms. The first kappa shape index (κ1) is 11.3. The molecule has 86 valence electrons. The highest BCUT2D eigenvalue weighted by Gasteiger charge is 2.03. The van der Waals surface area contributed by atoms with Crippen molar-refractivity contribution >= 4 is 26.7 Å². The van der Waals surface area contributed by atoms with E-state index in [1.54, 1.807) is 6.07 Å². The van der Waals surface area contributed by atoms with Gasteiger partial charge in [0.2, 0.25) is 0 Å². The summed E-state index contributed by atoms with van der Waals surface area (Å²) in [7, 11) is 0. The molecule has 1 aromatic heterocycles. The quantitative estimate of drug-likeness (QED) is 0.816. The number of nitrogens with one attached hydrogen (secondary N) is 1. The predicted molar refractivity (Wildman–Crippen MR) is 64.6 cm³/mol. The fraction of sp³-hybridized carbons (Fsp3) is 0.364. The molecule has 1 heterocycles. The van der Waals surface area contributed by atoms with Crippen LogP contribution in [0, 0.1) is 5.82 Å². The normalized spacial score (nSPS) is 10.9. The molecule has 0 radical (unpaired) electrons. The van der Waals surface area contributed by atoms with E-state index in [0.29, 0.717) is 13.2 Å². The Kier molecular flexibility index (Phi) is 3.69. The molecule has 0 unspecified atom stereocenters. The summed E-state index contributed by atoms with van der Waals surface area (Å²) in [4.78, 5) is 4.34. The molecule has 1 N–H and O–H groups in total. The van der Waals surface area contributed by atoms with Crippen LogP contribution < -0.4 is 5.32 Å². The molecule has 0 aliphatic carbocycles. The molecule has 2 rings (SSSR count). The summed E-state index contributed by atoms with van der Waals surface area (Å²) < 4.78 is 19.0. The number of rotatable bonds is 5. The van der Waals surface area contributed by atoms with Crippen LogP contribution in [0.2, 0.25) is 0 Å². The van der Waals surface area contributed by atoms with E-state index in [0.717, 1.165) is 21.9 Å². The molecule has 3 nitrogen and oxygen atoms in total. The molecular weight excluding hydrogens is 227 g/mol. The van der Waals surface area contributed by atoms with Crippen molar-refractivity contribution in [2.75, 3.05) is 25.1 Å². The van der Waals surface area contributed by atoms with Gasteiger partial charge in [0.25, 0.3) is 0 Å². The van der Waals surface area contributed by atoms with Gasteiger partial charge in [-0.2, -0.15) is 0 Å². The van der Waals surface area contributed by atoms with Crippen molar-refractivity contribution in [1.82, 2.24) is 4.98 Å². The Morgan fingerprint density at radius 3 is 3.19 bits per heavy atom. The van der Waals surface area contributed by atoms with Crippen LogP contribution in [0.4, 0.5) is 9.52 Å². The zero-order chi connectivity index (χ0) is 11.4. The molecule has 0 bridgehead atoms. The summed E-state index contributed by atoms with van der Waals surface area (Å²) in [5.41, 5.74) is 0.824. The van der Waals surface area contributed by atoms with Gasteiger partial charge in [-0.3, -0.25) is 0 Å². The molecule has 0 saturated heterocycles. The van der Waals surface area contributed by atoms with Crippen LogP contribution in [0.5, 0.6) is 0 Å². The summed E-state index contributed by atoms with van der Waals surface area (Å²) in [5.74, 6) is -0.225. The monoisotopic (exact) mass is 240 g/mol. The number of halogens is 1. The lowest BCUT2D eigenvalue weighted by Crippen LogP contribution is -2.08. The number of benzene rings is 1. The number of ether oxygens (including phenoxy) is 1. The van der Waals surface area contributed by atoms with Crippen molar-refractivity contribution in [3.05, 3.63) is 24.0 Å². The van der Waals surface area contributed by atoms with E-state index in [1.807, 2.05) is 6.92 Å². The van der Waals surface area contributed by atoms with Crippen molar-refractivity contribution in [1.29, 1.82) is 0 Å². The molecule has 0 aliphatic heterocycles. The predicted octanol–water partition coefficient (Wildman–Crippen LogP) is 2.88. The number of hydrogen-bond donors (Lipinski definition) is 1. The lowest BCUT2D eigenvalue weighted by molar-refractivity contribution is 0.158. The van der Waals surface area contributed by atoms with Gasteiger partial charge < -0.3 is 10.1 Å². The summed E-state index contributed by atoms with van der Waals surface area (Å²) >= 11 is 1.45. The van der Waals surface area contributed by atoms with E-state index >= 15 is 0 Å². The van der Waals surface area contributed by atoms with Gasteiger partial charge in [0.05, 0.1) is 16.8 Å². The van der Waals surface area contributed by atoms with E-state index in [2.05, 4.69) is 10.3 Å². The first-order chi connectivity index (χ1) is 7.79. The second-order valence-corrected chi connectivity index (χ2v) is 4.29. The lowest BCUT2D eigenvalue weighted by Gasteiger charge is -2.01. The minimum atomic E-state index is -0.225. The smallest absolute Gasteiger partial charge is 0.183 e. The maximum Gasteiger partial charge on any atom is 0.183 e. The van der Waals surface area contributed by atoms with E-state index in [9.17, 15) is 4.39 Å². The van der Waals surface area contributed by atoms with Crippen LogP contribution in [0.3, 0.4) is 0 Å². The van der Waals surface area contributed by atoms with E-state index < -0.39 is 0 Å². The first-order valence-corrected chi connectivity index (χ1v) is 5.99. The molecule has 0 saturated carbocycles. The van der Waals surface area contributed by atoms with Gasteiger partial charge in [-0.15, -0.1) is 0 Å². The van der Waals surface area contributed by atoms with Crippen molar-refractivity contribution in [3.63, 3.8) is 0 Å². The Morgan fingerprint density at radius 2 is 2.38 bits per heavy atom. The van der Waals surface area contributed by atoms with Gasteiger partial charge in [-0.25, -0.2) is 9.37 Å². The second kappa shape index (κ2) is 5.23. The Morgan fingerprint density at radius 1 is 1.50 bits per heavy atom. The largest absolute Gasteiger partial charge is 0.380 e. The molecule has 0 spiro atoms. The van der Waals surface area contributed by atoms with Crippen molar-refractivity contribution in [2.45, 2.75) is 6.92 Å². The number of thiazole rings is 1. The van der Waals surface area contributed by atoms with Crippen LogP contribution >= 0.6 is 11.3 Å². The minimum absolute atomic E-state index is 0.225. The molecule has 0 fully saturated rings. The van der Waals surface area contributed by atoms with Gasteiger partial charge in [0.1, 0.15) is 5.82 Å². The zero-order valence-corrected chi connectivity index (χ0v) is 9.81. The highest BCUT2D eigenvalue weighted by atomic mass is 32.1. The van der Waals surface area contributed by atoms with Crippen molar-refractivity contribution in [3.8, 4) is 0 Å². The zero-order valence-electron chi connectivity index (χ0n) is 9.00. The second-order valence-electron chi connectivity index (χ2n) is 3.25. The number of nitrogens with zero attached hydrogens (tertiary/aromatic N) is 1. The van der Waals surface area contributed by atoms with Gasteiger partial charge in [0.15, 0.2) is 5.13 Å². The number of fused-ring (bicyclic) bond motifs is 1. The van der Waals surface area contributed by atoms with Crippen LogP contribution in [-0.4, -0.2) is 24.7 Å². The highest BCUT2D eigenvalue weighted by Crippen LogP contribution is 2.26. The standard InChI is InChI=1S/C11H13FN2OS/c1-2-15-6-5-13-11-14-9-4-3-8(12)7-10(9)16-11/h3-4,7H,2,5-6H2,1H3,(H,13,14). The van der Waals surface area contributed by atoms with E-state index in [-0.39, 0.29) is 5.82 Å². The van der Waals surface area contributed by atoms with Crippen LogP contribution in [-0.2, 0) is 4.74 Å². The third-order valence-corrected chi connectivity index (χ3v) is 3.05. The van der Waals surface area contributed by atoms with Gasteiger partial charge in [-0.05, 0) is 25.1 Å². The van der Waals surface area contributed by atoms with Gasteiger partial charge in [-0.1, -0.05) is 11.3 Å². The van der Waals surface area contributed by atoms with Crippen LogP contribution in [0.15, 0.2) is 18.2 Å². The fourth-order valence-corrected chi connectivity index (χ4v) is 2.26. The lowest BCUT2D eigenvalue weighted by atomic mass is 10.3. The summed E-state index contributed by atoms with van der Waals surface area (Å²) in [5, 5.41) is 3.95. The molecule has 16 heavy (non-hydrogen) atoms. The fourth-order valence-electron chi connectivity index (χ4n) is 1.35. The summed E-state index contributed by atoms with van der Waals surface area (Å²) in [6.07, 6.45) is 0. The molecule has 0 atom stereocenters. The molecule has 0 amide bonds. The molecular formula is C11H13FN2OS. The van der Waals surface area contributed by atoms with Gasteiger partial charge in [0, 0.05) is 13.2 Å². The van der Waals surface area contributed by atoms with Crippen molar-refractivity contribution in [2.24, 2.45) is 0 Å². The van der Waals surface area contributed by atoms with Crippen LogP contribution in [0.25, 0.3) is 10.2 Å². The number of aromatic nitrogens is 1.